The van der Waals surface area contributed by atoms with Crippen molar-refractivity contribution in [3.8, 4) is 0 Å². The summed E-state index contributed by atoms with van der Waals surface area (Å²) in [5.41, 5.74) is 0. The number of aliphatic carboxylic acids is 1. The van der Waals surface area contributed by atoms with Gasteiger partial charge in [-0.1, -0.05) is 27.7 Å². The molecule has 0 spiro atoms. The first-order valence-electron chi connectivity index (χ1n) is 8.77. The molecule has 0 aromatic heterocycles. The van der Waals surface area contributed by atoms with Gasteiger partial charge in [0.2, 0.25) is 18.2 Å². The molecule has 2 amide bonds. The van der Waals surface area contributed by atoms with E-state index in [0.29, 0.717) is 0 Å². The number of carboxylic acids is 1. The molecule has 0 radical (unpaired) electrons. The van der Waals surface area contributed by atoms with Crippen LogP contribution in [0.4, 0.5) is 8.78 Å². The van der Waals surface area contributed by atoms with E-state index in [1.54, 1.807) is 20.8 Å². The zero-order valence-corrected chi connectivity index (χ0v) is 16.2. The first-order valence-corrected chi connectivity index (χ1v) is 8.77. The second kappa shape index (κ2) is 11.6. The maximum absolute atomic E-state index is 12.6. The van der Waals surface area contributed by atoms with Gasteiger partial charge < -0.3 is 21.1 Å². The number of nitrogens with one attached hydrogen (secondary N) is 3. The Bertz CT molecular complexity index is 541. The number of carbonyl (C=O) groups is 4. The van der Waals surface area contributed by atoms with Gasteiger partial charge in [-0.2, -0.15) is 0 Å². The molecule has 0 aliphatic heterocycles. The van der Waals surface area contributed by atoms with Gasteiger partial charge in [0.05, 0.1) is 6.04 Å². The molecular weight excluding hydrogens is 364 g/mol. The minimum atomic E-state index is -2.98. The first kappa shape index (κ1) is 24.9. The van der Waals surface area contributed by atoms with E-state index < -0.39 is 54.5 Å². The van der Waals surface area contributed by atoms with Crippen molar-refractivity contribution in [3.63, 3.8) is 0 Å². The average Bonchev–Trinajstić information content (AvgIpc) is 2.50. The number of halogens is 2. The number of Topliss-reactive ketones (excluding diaryl/α,β-unsaturated/α-hetero) is 1. The van der Waals surface area contributed by atoms with Crippen LogP contribution in [0.5, 0.6) is 0 Å². The molecule has 0 heterocycles. The van der Waals surface area contributed by atoms with Crippen molar-refractivity contribution in [2.45, 2.75) is 78.1 Å². The van der Waals surface area contributed by atoms with Crippen LogP contribution in [0.2, 0.25) is 0 Å². The summed E-state index contributed by atoms with van der Waals surface area (Å²) in [6, 6.07) is -3.54. The van der Waals surface area contributed by atoms with Crippen molar-refractivity contribution in [2.75, 3.05) is 0 Å². The maximum Gasteiger partial charge on any atom is 0.374 e. The van der Waals surface area contributed by atoms with Crippen molar-refractivity contribution < 1.29 is 33.1 Å². The first-order chi connectivity index (χ1) is 12.3. The Hall–Kier alpha value is -2.10. The van der Waals surface area contributed by atoms with Gasteiger partial charge in [-0.15, -0.1) is 0 Å². The Morgan fingerprint density at radius 1 is 0.852 bits per heavy atom. The van der Waals surface area contributed by atoms with Crippen molar-refractivity contribution in [1.29, 1.82) is 0 Å². The molecule has 10 heteroatoms. The molecule has 0 aromatic rings. The number of carboxylic acid groups (broad SMARTS) is 1. The average molecular weight is 393 g/mol. The minimum absolute atomic E-state index is 0.0201. The zero-order valence-electron chi connectivity index (χ0n) is 16.2. The summed E-state index contributed by atoms with van der Waals surface area (Å²) in [5.74, 6) is -4.83. The zero-order chi connectivity index (χ0) is 21.3. The SMILES string of the molecule is CC(C)C[C@H](NC(=O)[C@H](C)NC(C)C)C(=O)NC(CC(F)F)C(=O)C(=O)O. The van der Waals surface area contributed by atoms with E-state index in [2.05, 4.69) is 10.6 Å². The van der Waals surface area contributed by atoms with Gasteiger partial charge in [0.15, 0.2) is 0 Å². The van der Waals surface area contributed by atoms with E-state index in [1.165, 1.54) is 0 Å². The molecule has 8 nitrogen and oxygen atoms in total. The third-order valence-corrected chi connectivity index (χ3v) is 3.57. The lowest BCUT2D eigenvalue weighted by atomic mass is 10.0. The molecule has 4 N–H and O–H groups in total. The van der Waals surface area contributed by atoms with Crippen LogP contribution < -0.4 is 16.0 Å². The summed E-state index contributed by atoms with van der Waals surface area (Å²) in [5, 5.41) is 16.3. The predicted octanol–water partition coefficient (Wildman–Crippen LogP) is 0.698. The van der Waals surface area contributed by atoms with Crippen LogP contribution in [-0.2, 0) is 19.2 Å². The van der Waals surface area contributed by atoms with Crippen molar-refractivity contribution >= 4 is 23.6 Å². The Morgan fingerprint density at radius 3 is 1.78 bits per heavy atom. The number of ketones is 1. The van der Waals surface area contributed by atoms with E-state index in [1.807, 2.05) is 19.2 Å². The molecule has 1 unspecified atom stereocenters. The molecule has 0 rings (SSSR count). The summed E-state index contributed by atoms with van der Waals surface area (Å²) in [6.45, 7) is 8.87. The van der Waals surface area contributed by atoms with E-state index in [4.69, 9.17) is 5.11 Å². The molecule has 0 saturated carbocycles. The van der Waals surface area contributed by atoms with Crippen molar-refractivity contribution in [2.24, 2.45) is 5.92 Å². The number of hydrogen-bond acceptors (Lipinski definition) is 5. The molecule has 0 bridgehead atoms. The molecule has 156 valence electrons. The van der Waals surface area contributed by atoms with Crippen molar-refractivity contribution in [3.05, 3.63) is 0 Å². The van der Waals surface area contributed by atoms with E-state index >= 15 is 0 Å². The standard InChI is InChI=1S/C17H29F2N3O5/c1-8(2)6-12(22-15(24)10(5)20-9(3)4)16(25)21-11(7-13(18)19)14(23)17(26)27/h8-13,20H,6-7H2,1-5H3,(H,21,25)(H,22,24)(H,26,27)/t10-,11?,12-/m0/s1. The molecule has 0 aromatic carbocycles. The highest BCUT2D eigenvalue weighted by atomic mass is 19.3. The van der Waals surface area contributed by atoms with Crippen LogP contribution in [0, 0.1) is 5.92 Å². The third-order valence-electron chi connectivity index (χ3n) is 3.57. The molecule has 0 aliphatic carbocycles. The lowest BCUT2D eigenvalue weighted by molar-refractivity contribution is -0.151. The van der Waals surface area contributed by atoms with Gasteiger partial charge >= 0.3 is 5.97 Å². The van der Waals surface area contributed by atoms with Crippen LogP contribution in [0.15, 0.2) is 0 Å². The predicted molar refractivity (Wildman–Crippen MR) is 94.3 cm³/mol. The fourth-order valence-electron chi connectivity index (χ4n) is 2.41. The lowest BCUT2D eigenvalue weighted by Gasteiger charge is -2.25. The summed E-state index contributed by atoms with van der Waals surface area (Å²) >= 11 is 0. The quantitative estimate of drug-likeness (QED) is 0.362. The largest absolute Gasteiger partial charge is 0.475 e. The highest BCUT2D eigenvalue weighted by Gasteiger charge is 2.32. The molecular formula is C17H29F2N3O5. The van der Waals surface area contributed by atoms with E-state index in [-0.39, 0.29) is 18.4 Å². The van der Waals surface area contributed by atoms with Gasteiger partial charge in [-0.3, -0.25) is 14.4 Å². The molecule has 27 heavy (non-hydrogen) atoms. The Morgan fingerprint density at radius 2 is 1.37 bits per heavy atom. The Balaban J connectivity index is 5.24. The number of alkyl halides is 2. The number of amides is 2. The Labute approximate surface area is 157 Å². The second-order valence-electron chi connectivity index (χ2n) is 7.09. The lowest BCUT2D eigenvalue weighted by Crippen LogP contribution is -2.56. The normalized spacial score (nSPS) is 14.7. The van der Waals surface area contributed by atoms with Gasteiger partial charge in [0.1, 0.15) is 12.1 Å². The van der Waals surface area contributed by atoms with Crippen molar-refractivity contribution in [1.82, 2.24) is 16.0 Å². The van der Waals surface area contributed by atoms with Gasteiger partial charge in [0.25, 0.3) is 5.78 Å². The van der Waals surface area contributed by atoms with Crippen LogP contribution in [-0.4, -0.2) is 59.3 Å². The number of hydrogen-bond donors (Lipinski definition) is 4. The minimum Gasteiger partial charge on any atom is -0.475 e. The summed E-state index contributed by atoms with van der Waals surface area (Å²) < 4.78 is 25.3. The summed E-state index contributed by atoms with van der Waals surface area (Å²) in [7, 11) is 0. The van der Waals surface area contributed by atoms with Gasteiger partial charge in [0, 0.05) is 12.5 Å². The van der Waals surface area contributed by atoms with E-state index in [0.717, 1.165) is 0 Å². The third kappa shape index (κ3) is 9.97. The summed E-state index contributed by atoms with van der Waals surface area (Å²) in [6.07, 6.45) is -3.91. The van der Waals surface area contributed by atoms with Gasteiger partial charge in [-0.05, 0) is 19.3 Å². The van der Waals surface area contributed by atoms with Gasteiger partial charge in [-0.25, -0.2) is 13.6 Å². The monoisotopic (exact) mass is 393 g/mol. The molecule has 0 aliphatic rings. The Kier molecular flexibility index (Phi) is 10.7. The highest BCUT2D eigenvalue weighted by molar-refractivity contribution is 6.35. The van der Waals surface area contributed by atoms with Crippen LogP contribution in [0.3, 0.4) is 0 Å². The molecule has 0 fully saturated rings. The fourth-order valence-corrected chi connectivity index (χ4v) is 2.41. The van der Waals surface area contributed by atoms with Crippen LogP contribution in [0.25, 0.3) is 0 Å². The summed E-state index contributed by atoms with van der Waals surface area (Å²) in [4.78, 5) is 47.1. The smallest absolute Gasteiger partial charge is 0.374 e. The highest BCUT2D eigenvalue weighted by Crippen LogP contribution is 2.09. The number of carbonyl (C=O) groups excluding carboxylic acids is 3. The van der Waals surface area contributed by atoms with Crippen LogP contribution in [0.1, 0.15) is 47.5 Å². The molecule has 3 atom stereocenters. The number of rotatable bonds is 12. The second-order valence-corrected chi connectivity index (χ2v) is 7.09. The topological polar surface area (TPSA) is 125 Å². The van der Waals surface area contributed by atoms with E-state index in [9.17, 15) is 28.0 Å². The fraction of sp³-hybridized carbons (Fsp3) is 0.765. The van der Waals surface area contributed by atoms with Crippen LogP contribution >= 0.6 is 0 Å². The maximum atomic E-state index is 12.6. The molecule has 0 saturated heterocycles.